The molecule has 0 fully saturated rings. The average Bonchev–Trinajstić information content (AvgIpc) is 1.57. The van der Waals surface area contributed by atoms with E-state index in [0.29, 0.717) is 12.4 Å². The van der Waals surface area contributed by atoms with Gasteiger partial charge in [0, 0.05) is 105 Å². The molecule has 424 valence electrons. The van der Waals surface area contributed by atoms with Crippen LogP contribution in [0.25, 0.3) is 171 Å². The first kappa shape index (κ1) is 49.8. The molecule has 20 aromatic rings. The van der Waals surface area contributed by atoms with Crippen LogP contribution in [0.1, 0.15) is 5.56 Å². The topological polar surface area (TPSA) is 55.4 Å². The normalized spacial score (nSPS) is 12.2. The molecular formula is C83H52N8. The summed E-state index contributed by atoms with van der Waals surface area (Å²) < 4.78 is 14.7. The largest absolute Gasteiger partial charge is 0.334 e. The van der Waals surface area contributed by atoms with Gasteiger partial charge in [-0.05, 0) is 78.4 Å². The second-order valence-electron chi connectivity index (χ2n) is 24.1. The van der Waals surface area contributed by atoms with Crippen LogP contribution in [0, 0.1) is 0 Å². The van der Waals surface area contributed by atoms with E-state index in [0.717, 1.165) is 99.9 Å². The zero-order valence-corrected chi connectivity index (χ0v) is 49.2. The summed E-state index contributed by atoms with van der Waals surface area (Å²) in [6, 6.07) is 110. The van der Waals surface area contributed by atoms with Gasteiger partial charge in [0.1, 0.15) is 11.6 Å². The lowest BCUT2D eigenvalue weighted by Crippen LogP contribution is -2.07. The highest BCUT2D eigenvalue weighted by atomic mass is 15.2. The highest BCUT2D eigenvalue weighted by Crippen LogP contribution is 2.46. The maximum Gasteiger partial charge on any atom is 0.163 e. The van der Waals surface area contributed by atoms with Gasteiger partial charge in [-0.3, -0.25) is 9.13 Å². The van der Waals surface area contributed by atoms with E-state index in [2.05, 4.69) is 331 Å². The number of aromatic nitrogens is 8. The van der Waals surface area contributed by atoms with Gasteiger partial charge in [0.2, 0.25) is 0 Å². The van der Waals surface area contributed by atoms with E-state index in [1.54, 1.807) is 0 Å². The molecule has 0 unspecified atom stereocenters. The summed E-state index contributed by atoms with van der Waals surface area (Å²) in [5, 5.41) is 14.2. The molecule has 0 atom stereocenters. The maximum absolute atomic E-state index is 5.84. The van der Waals surface area contributed by atoms with Crippen LogP contribution in [-0.2, 0) is 6.54 Å². The van der Waals surface area contributed by atoms with Gasteiger partial charge in [-0.25, -0.2) is 9.97 Å². The van der Waals surface area contributed by atoms with Gasteiger partial charge < -0.3 is 18.3 Å². The lowest BCUT2D eigenvalue weighted by molar-refractivity contribution is 0.869. The highest BCUT2D eigenvalue weighted by molar-refractivity contribution is 6.26. The molecule has 0 N–H and O–H groups in total. The van der Waals surface area contributed by atoms with Crippen molar-refractivity contribution >= 4 is 131 Å². The van der Waals surface area contributed by atoms with E-state index in [1.807, 2.05) is 0 Å². The van der Waals surface area contributed by atoms with Crippen LogP contribution in [0.15, 0.2) is 303 Å². The Balaban J connectivity index is 0.861. The molecular weight excluding hydrogens is 1110 g/mol. The summed E-state index contributed by atoms with van der Waals surface area (Å²) in [7, 11) is 0. The van der Waals surface area contributed by atoms with Crippen molar-refractivity contribution in [3.05, 3.63) is 309 Å². The highest BCUT2D eigenvalue weighted by Gasteiger charge is 2.27. The van der Waals surface area contributed by atoms with Crippen molar-refractivity contribution in [1.82, 2.24) is 37.4 Å². The van der Waals surface area contributed by atoms with Crippen LogP contribution in [0.4, 0.5) is 0 Å². The summed E-state index contributed by atoms with van der Waals surface area (Å²) in [5.74, 6) is 2.14. The fourth-order valence-corrected chi connectivity index (χ4v) is 15.5. The Morgan fingerprint density at radius 1 is 0.220 bits per heavy atom. The molecule has 7 heterocycles. The van der Waals surface area contributed by atoms with Crippen LogP contribution < -0.4 is 0 Å². The summed E-state index contributed by atoms with van der Waals surface area (Å²) >= 11 is 0. The maximum atomic E-state index is 5.84. The van der Waals surface area contributed by atoms with E-state index in [-0.39, 0.29) is 0 Å². The molecule has 0 spiro atoms. The lowest BCUT2D eigenvalue weighted by atomic mass is 10.1. The summed E-state index contributed by atoms with van der Waals surface area (Å²) in [5.41, 5.74) is 19.0. The molecule has 8 heteroatoms. The predicted molar refractivity (Wildman–Crippen MR) is 378 cm³/mol. The Labute approximate surface area is 520 Å². The second-order valence-corrected chi connectivity index (χ2v) is 24.1. The number of rotatable bonds is 8. The van der Waals surface area contributed by atoms with E-state index in [9.17, 15) is 0 Å². The third-order valence-corrected chi connectivity index (χ3v) is 19.3. The van der Waals surface area contributed by atoms with E-state index < -0.39 is 0 Å². The average molecular weight is 1160 g/mol. The number of benzene rings is 13. The first-order valence-electron chi connectivity index (χ1n) is 31.2. The van der Waals surface area contributed by atoms with Crippen molar-refractivity contribution in [2.24, 2.45) is 0 Å². The first-order chi connectivity index (χ1) is 45.2. The summed E-state index contributed by atoms with van der Waals surface area (Å²) in [4.78, 5) is 11.7. The third-order valence-electron chi connectivity index (χ3n) is 19.3. The fourth-order valence-electron chi connectivity index (χ4n) is 15.5. The molecule has 0 aliphatic carbocycles. The molecule has 0 aliphatic heterocycles. The van der Waals surface area contributed by atoms with Crippen LogP contribution in [0.5, 0.6) is 0 Å². The second kappa shape index (κ2) is 19.1. The Hall–Kier alpha value is -12.3. The van der Waals surface area contributed by atoms with Gasteiger partial charge in [-0.1, -0.05) is 224 Å². The van der Waals surface area contributed by atoms with E-state index in [1.165, 1.54) is 70.7 Å². The van der Waals surface area contributed by atoms with Gasteiger partial charge in [0.25, 0.3) is 0 Å². The standard InChI is InChI=1S/C83H52N8/c1-4-22-54(23-5-1)87-70-35-17-11-29-58(70)64-45-44-63-57-28-10-16-34-69(57)86(77(63)78(64)87)51-52-40-42-53(43-41-52)83-84-75(90-73-38-20-14-32-61(73)67-48-46-65-59-30-12-18-36-71(59)88(79(65)81(67)90)55-24-6-2-7-25-55)50-76(85-83)91-74-39-21-15-33-62(74)68-49-47-66-60-31-13-19-37-72(60)89(80(66)82(68)91)56-26-8-3-9-27-56/h1-50H,51H2. The van der Waals surface area contributed by atoms with E-state index in [4.69, 9.17) is 9.97 Å². The lowest BCUT2D eigenvalue weighted by Gasteiger charge is -2.16. The van der Waals surface area contributed by atoms with Crippen LogP contribution in [0.3, 0.4) is 0 Å². The first-order valence-corrected chi connectivity index (χ1v) is 31.2. The molecule has 0 bridgehead atoms. The van der Waals surface area contributed by atoms with Crippen molar-refractivity contribution in [1.29, 1.82) is 0 Å². The summed E-state index contributed by atoms with van der Waals surface area (Å²) in [6.45, 7) is 0.644. The third kappa shape index (κ3) is 7.09. The molecule has 13 aromatic carbocycles. The van der Waals surface area contributed by atoms with Crippen LogP contribution in [-0.4, -0.2) is 37.4 Å². The van der Waals surface area contributed by atoms with Gasteiger partial charge in [0.15, 0.2) is 5.82 Å². The van der Waals surface area contributed by atoms with E-state index >= 15 is 0 Å². The molecule has 0 saturated heterocycles. The van der Waals surface area contributed by atoms with Gasteiger partial charge in [0.05, 0.1) is 60.7 Å². The SMILES string of the molecule is c1ccc(-n2c3ccccc3c3ccc4c5ccccc5n(Cc5ccc(-c6nc(-n7c8ccccc8c8ccc9c%10ccccc%10n(-c%10ccccc%10)c9c87)cc(-n7c8ccccc8c8ccc9c%10ccccc%10n(-c%10ccccc%10)c9c87)n6)cc5)c4c32)cc1. The van der Waals surface area contributed by atoms with Gasteiger partial charge >= 0.3 is 0 Å². The summed E-state index contributed by atoms with van der Waals surface area (Å²) in [6.07, 6.45) is 0. The Kier molecular flexibility index (Phi) is 10.5. The van der Waals surface area contributed by atoms with Crippen LogP contribution in [0.2, 0.25) is 0 Å². The minimum Gasteiger partial charge on any atom is -0.334 e. The number of hydrogen-bond acceptors (Lipinski definition) is 2. The van der Waals surface area contributed by atoms with Gasteiger partial charge in [-0.15, -0.1) is 0 Å². The van der Waals surface area contributed by atoms with Crippen molar-refractivity contribution in [2.45, 2.75) is 6.54 Å². The molecule has 0 amide bonds. The zero-order valence-electron chi connectivity index (χ0n) is 49.2. The minimum atomic E-state index is 0.619. The predicted octanol–water partition coefficient (Wildman–Crippen LogP) is 20.8. The van der Waals surface area contributed by atoms with Crippen molar-refractivity contribution in [3.63, 3.8) is 0 Å². The smallest absolute Gasteiger partial charge is 0.163 e. The van der Waals surface area contributed by atoms with Crippen molar-refractivity contribution in [3.8, 4) is 40.1 Å². The molecule has 0 radical (unpaired) electrons. The van der Waals surface area contributed by atoms with Crippen molar-refractivity contribution < 1.29 is 0 Å². The van der Waals surface area contributed by atoms with Crippen molar-refractivity contribution in [2.75, 3.05) is 0 Å². The molecule has 0 aliphatic rings. The Bertz CT molecular complexity index is 6140. The molecule has 91 heavy (non-hydrogen) atoms. The number of fused-ring (bicyclic) bond motifs is 21. The van der Waals surface area contributed by atoms with Crippen LogP contribution >= 0.6 is 0 Å². The number of para-hydroxylation sites is 9. The quantitative estimate of drug-likeness (QED) is 0.152. The monoisotopic (exact) mass is 1160 g/mol. The number of hydrogen-bond donors (Lipinski definition) is 0. The molecule has 8 nitrogen and oxygen atoms in total. The molecule has 20 rings (SSSR count). The zero-order chi connectivity index (χ0) is 59.4. The molecule has 0 saturated carbocycles. The Morgan fingerprint density at radius 3 is 0.857 bits per heavy atom. The molecule has 7 aromatic heterocycles. The van der Waals surface area contributed by atoms with Gasteiger partial charge in [-0.2, -0.15) is 0 Å². The number of nitrogens with zero attached hydrogens (tertiary/aromatic N) is 8. The Morgan fingerprint density at radius 2 is 0.495 bits per heavy atom. The minimum absolute atomic E-state index is 0.619. The fraction of sp³-hybridized carbons (Fsp3) is 0.0120.